The standard InChI is InChI=1S/2C9H16O7.2C3H8.2Y/c2*1-3-7(10)6-16-9(12)15-5-4-14-8(11)13-2;2*1-3-2;;/h2*7,10H,3-6H2,1-2H3;2*3H2,1-2H3;;. The first-order chi connectivity index (χ1) is 18.0. The predicted octanol–water partition coefficient (Wildman–Crippen LogP) is 4.21. The molecule has 0 rings (SSSR count). The van der Waals surface area contributed by atoms with Crippen molar-refractivity contribution in [1.29, 1.82) is 0 Å². The second-order valence-electron chi connectivity index (χ2n) is 6.96. The molecule has 0 amide bonds. The van der Waals surface area contributed by atoms with E-state index in [0.717, 1.165) is 0 Å². The van der Waals surface area contributed by atoms with Gasteiger partial charge in [0.1, 0.15) is 39.6 Å². The topological polar surface area (TPSA) is 183 Å². The van der Waals surface area contributed by atoms with Crippen molar-refractivity contribution in [3.63, 3.8) is 0 Å². The third kappa shape index (κ3) is 50.1. The van der Waals surface area contributed by atoms with Crippen LogP contribution in [0.25, 0.3) is 0 Å². The molecule has 0 heterocycles. The molecular weight excluding hydrogens is 690 g/mol. The number of carbonyl (C=O) groups is 4. The third-order valence-electron chi connectivity index (χ3n) is 3.11. The fourth-order valence-electron chi connectivity index (χ4n) is 1.27. The summed E-state index contributed by atoms with van der Waals surface area (Å²) in [6.45, 7) is 11.3. The Morgan fingerprint density at radius 2 is 0.725 bits per heavy atom. The number of hydrogen-bond acceptors (Lipinski definition) is 14. The van der Waals surface area contributed by atoms with Gasteiger partial charge >= 0.3 is 24.6 Å². The van der Waals surface area contributed by atoms with E-state index in [1.54, 1.807) is 13.8 Å². The van der Waals surface area contributed by atoms with Gasteiger partial charge < -0.3 is 48.1 Å². The first-order valence-corrected chi connectivity index (χ1v) is 12.4. The van der Waals surface area contributed by atoms with Crippen LogP contribution in [-0.4, -0.2) is 101 Å². The van der Waals surface area contributed by atoms with Crippen molar-refractivity contribution in [2.75, 3.05) is 53.9 Å². The molecule has 0 spiro atoms. The Hall–Kier alpha value is -0.792. The smallest absolute Gasteiger partial charge is 0.438 e. The number of carbonyl (C=O) groups excluding carboxylic acids is 4. The van der Waals surface area contributed by atoms with E-state index in [9.17, 15) is 19.2 Å². The van der Waals surface area contributed by atoms with Gasteiger partial charge in [-0.05, 0) is 12.8 Å². The van der Waals surface area contributed by atoms with Gasteiger partial charge in [0.05, 0.1) is 26.4 Å². The maximum Gasteiger partial charge on any atom is 0.508 e. The van der Waals surface area contributed by atoms with Crippen LogP contribution in [0.1, 0.15) is 67.2 Å². The van der Waals surface area contributed by atoms with Crippen LogP contribution in [0.3, 0.4) is 0 Å². The molecule has 2 atom stereocenters. The molecule has 0 bridgehead atoms. The minimum atomic E-state index is -0.916. The summed E-state index contributed by atoms with van der Waals surface area (Å²) in [7, 11) is 2.34. The zero-order valence-corrected chi connectivity index (χ0v) is 30.9. The van der Waals surface area contributed by atoms with Gasteiger partial charge in [-0.15, -0.1) is 0 Å². The number of methoxy groups -OCH3 is 2. The van der Waals surface area contributed by atoms with E-state index in [4.69, 9.17) is 10.2 Å². The molecule has 0 aromatic heterocycles. The maximum absolute atomic E-state index is 10.9. The first-order valence-electron chi connectivity index (χ1n) is 12.4. The van der Waals surface area contributed by atoms with E-state index < -0.39 is 36.8 Å². The number of aliphatic hydroxyl groups excluding tert-OH is 2. The molecule has 0 aromatic carbocycles. The largest absolute Gasteiger partial charge is 0.508 e. The summed E-state index contributed by atoms with van der Waals surface area (Å²) in [4.78, 5) is 42.6. The SMILES string of the molecule is CCC.CCC.CCC(O)COC(=O)OCCOC(=O)OC.CCC(O)COC(=O)OCCOC(=O)OC.[Y].[Y]. The number of hydrogen-bond donors (Lipinski definition) is 2. The molecule has 0 saturated carbocycles. The third-order valence-corrected chi connectivity index (χ3v) is 3.11. The van der Waals surface area contributed by atoms with E-state index in [1.807, 2.05) is 0 Å². The second-order valence-corrected chi connectivity index (χ2v) is 6.96. The molecular formula is C24H48O14Y2. The molecule has 0 saturated heterocycles. The van der Waals surface area contributed by atoms with Gasteiger partial charge in [0, 0.05) is 65.4 Å². The Labute approximate surface area is 288 Å². The van der Waals surface area contributed by atoms with Crippen molar-refractivity contribution in [3.8, 4) is 0 Å². The molecule has 0 fully saturated rings. The summed E-state index contributed by atoms with van der Waals surface area (Å²) in [5, 5.41) is 18.1. The van der Waals surface area contributed by atoms with Crippen LogP contribution in [0.15, 0.2) is 0 Å². The Bertz CT molecular complexity index is 520. The Balaban J connectivity index is -0.000000115. The summed E-state index contributed by atoms with van der Waals surface area (Å²) >= 11 is 0. The van der Waals surface area contributed by atoms with Crippen LogP contribution in [0.2, 0.25) is 0 Å². The molecule has 14 nitrogen and oxygen atoms in total. The molecule has 0 aliphatic rings. The first kappa shape index (κ1) is 51.9. The summed E-state index contributed by atoms with van der Waals surface area (Å²) < 4.78 is 35.4. The number of ether oxygens (including phenoxy) is 8. The van der Waals surface area contributed by atoms with E-state index >= 15 is 0 Å². The summed E-state index contributed by atoms with van der Waals surface area (Å²) in [5.41, 5.74) is 0. The summed E-state index contributed by atoms with van der Waals surface area (Å²) in [5.74, 6) is 0. The van der Waals surface area contributed by atoms with Crippen LogP contribution in [0.4, 0.5) is 19.2 Å². The molecule has 40 heavy (non-hydrogen) atoms. The quantitative estimate of drug-likeness (QED) is 0.165. The van der Waals surface area contributed by atoms with Gasteiger partial charge in [0.2, 0.25) is 0 Å². The minimum Gasteiger partial charge on any atom is -0.438 e. The summed E-state index contributed by atoms with van der Waals surface area (Å²) in [6.07, 6.45) is -1.45. The fraction of sp³-hybridized carbons (Fsp3) is 0.833. The Morgan fingerprint density at radius 3 is 0.925 bits per heavy atom. The monoisotopic (exact) mass is 738 g/mol. The molecule has 2 unspecified atom stereocenters. The maximum atomic E-state index is 10.9. The Kier molecular flexibility index (Phi) is 55.4. The zero-order chi connectivity index (χ0) is 30.2. The van der Waals surface area contributed by atoms with Crippen molar-refractivity contribution in [2.45, 2.75) is 79.4 Å². The number of rotatable bonds is 12. The minimum absolute atomic E-state index is 0. The van der Waals surface area contributed by atoms with Crippen molar-refractivity contribution < 1.29 is 133 Å². The molecule has 0 aliphatic carbocycles. The summed E-state index contributed by atoms with van der Waals surface area (Å²) in [6, 6.07) is 0. The molecule has 2 radical (unpaired) electrons. The van der Waals surface area contributed by atoms with E-state index in [1.165, 1.54) is 27.1 Å². The van der Waals surface area contributed by atoms with Gasteiger partial charge in [-0.3, -0.25) is 0 Å². The normalized spacial score (nSPS) is 10.1. The van der Waals surface area contributed by atoms with Gasteiger partial charge in [-0.2, -0.15) is 0 Å². The van der Waals surface area contributed by atoms with Crippen LogP contribution in [0.5, 0.6) is 0 Å². The zero-order valence-electron chi connectivity index (χ0n) is 25.2. The molecule has 2 N–H and O–H groups in total. The van der Waals surface area contributed by atoms with Crippen molar-refractivity contribution in [2.24, 2.45) is 0 Å². The molecule has 234 valence electrons. The van der Waals surface area contributed by atoms with Gasteiger partial charge in [0.15, 0.2) is 0 Å². The predicted molar refractivity (Wildman–Crippen MR) is 136 cm³/mol. The fourth-order valence-corrected chi connectivity index (χ4v) is 1.27. The van der Waals surface area contributed by atoms with Gasteiger partial charge in [-0.1, -0.05) is 54.4 Å². The van der Waals surface area contributed by atoms with Crippen molar-refractivity contribution >= 4 is 24.6 Å². The van der Waals surface area contributed by atoms with Crippen LogP contribution >= 0.6 is 0 Å². The van der Waals surface area contributed by atoms with Crippen LogP contribution < -0.4 is 0 Å². The van der Waals surface area contributed by atoms with Crippen molar-refractivity contribution in [3.05, 3.63) is 0 Å². The van der Waals surface area contributed by atoms with Gasteiger partial charge in [0.25, 0.3) is 0 Å². The second kappa shape index (κ2) is 42.7. The average molecular weight is 738 g/mol. The van der Waals surface area contributed by atoms with Crippen molar-refractivity contribution in [1.82, 2.24) is 0 Å². The van der Waals surface area contributed by atoms with Gasteiger partial charge in [-0.25, -0.2) is 19.2 Å². The van der Waals surface area contributed by atoms with Crippen LogP contribution in [-0.2, 0) is 103 Å². The Morgan fingerprint density at radius 1 is 0.500 bits per heavy atom. The molecule has 16 heteroatoms. The van der Waals surface area contributed by atoms with E-state index in [2.05, 4.69) is 65.6 Å². The van der Waals surface area contributed by atoms with E-state index in [-0.39, 0.29) is 105 Å². The molecule has 0 aliphatic heterocycles. The molecule has 0 aromatic rings. The van der Waals surface area contributed by atoms with E-state index in [0.29, 0.717) is 12.8 Å². The number of aliphatic hydroxyl groups is 2. The average Bonchev–Trinajstić information content (AvgIpc) is 2.91. The van der Waals surface area contributed by atoms with Crippen LogP contribution in [0, 0.1) is 0 Å².